The van der Waals surface area contributed by atoms with Gasteiger partial charge in [0.1, 0.15) is 6.61 Å². The number of sulfonamides is 1. The lowest BCUT2D eigenvalue weighted by Crippen LogP contribution is -2.22. The summed E-state index contributed by atoms with van der Waals surface area (Å²) < 4.78 is 36.7. The minimum absolute atomic E-state index is 0.201. The molecule has 9 heteroatoms. The Labute approximate surface area is 192 Å². The lowest BCUT2D eigenvalue weighted by atomic mass is 10.1. The summed E-state index contributed by atoms with van der Waals surface area (Å²) >= 11 is 5.95. The van der Waals surface area contributed by atoms with E-state index in [1.165, 1.54) is 33.3 Å². The Morgan fingerprint density at radius 1 is 1.00 bits per heavy atom. The van der Waals surface area contributed by atoms with Crippen molar-refractivity contribution < 1.29 is 22.7 Å². The van der Waals surface area contributed by atoms with Crippen molar-refractivity contribution in [3.63, 3.8) is 0 Å². The molecular weight excluding hydrogens is 452 g/mol. The van der Waals surface area contributed by atoms with Crippen LogP contribution in [0.3, 0.4) is 0 Å². The van der Waals surface area contributed by atoms with Crippen LogP contribution in [0.1, 0.15) is 15.9 Å². The number of carbonyl (C=O) groups excluding carboxylic acids is 1. The number of hydrogen-bond acceptors (Lipinski definition) is 5. The number of anilines is 1. The van der Waals surface area contributed by atoms with E-state index in [9.17, 15) is 13.2 Å². The number of carbonyl (C=O) groups is 1. The van der Waals surface area contributed by atoms with E-state index in [-0.39, 0.29) is 17.4 Å². The molecule has 1 N–H and O–H groups in total. The van der Waals surface area contributed by atoms with Gasteiger partial charge >= 0.3 is 0 Å². The summed E-state index contributed by atoms with van der Waals surface area (Å²) in [4.78, 5) is 12.7. The van der Waals surface area contributed by atoms with Crippen molar-refractivity contribution >= 4 is 33.2 Å². The first-order valence-corrected chi connectivity index (χ1v) is 11.4. The van der Waals surface area contributed by atoms with Crippen LogP contribution in [0.15, 0.2) is 71.6 Å². The molecule has 0 saturated carbocycles. The number of benzene rings is 3. The number of amides is 1. The molecule has 0 radical (unpaired) electrons. The molecule has 168 valence electrons. The maximum Gasteiger partial charge on any atom is 0.255 e. The third-order valence-corrected chi connectivity index (χ3v) is 6.67. The number of nitrogens with zero attached hydrogens (tertiary/aromatic N) is 1. The van der Waals surface area contributed by atoms with Gasteiger partial charge < -0.3 is 14.8 Å². The summed E-state index contributed by atoms with van der Waals surface area (Å²) in [5.74, 6) is 0.544. The van der Waals surface area contributed by atoms with Crippen LogP contribution in [0.5, 0.6) is 11.5 Å². The molecule has 0 aliphatic rings. The minimum Gasteiger partial charge on any atom is -0.493 e. The molecule has 0 atom stereocenters. The molecule has 0 bridgehead atoms. The van der Waals surface area contributed by atoms with Gasteiger partial charge in [0.25, 0.3) is 5.91 Å². The van der Waals surface area contributed by atoms with Crippen LogP contribution in [-0.2, 0) is 16.6 Å². The molecule has 0 unspecified atom stereocenters. The zero-order valence-electron chi connectivity index (χ0n) is 17.8. The van der Waals surface area contributed by atoms with Gasteiger partial charge in [-0.15, -0.1) is 0 Å². The van der Waals surface area contributed by atoms with E-state index in [0.717, 1.165) is 9.87 Å². The molecule has 7 nitrogen and oxygen atoms in total. The van der Waals surface area contributed by atoms with E-state index in [1.807, 2.05) is 0 Å². The number of nitrogens with one attached hydrogen (secondary N) is 1. The highest BCUT2D eigenvalue weighted by Crippen LogP contribution is 2.29. The maximum absolute atomic E-state index is 12.5. The number of hydrogen-bond donors (Lipinski definition) is 1. The van der Waals surface area contributed by atoms with E-state index in [2.05, 4.69) is 5.32 Å². The van der Waals surface area contributed by atoms with Gasteiger partial charge in [0.15, 0.2) is 11.5 Å². The van der Waals surface area contributed by atoms with Crippen LogP contribution >= 0.6 is 11.6 Å². The lowest BCUT2D eigenvalue weighted by molar-refractivity contribution is 0.102. The van der Waals surface area contributed by atoms with Crippen molar-refractivity contribution in [2.24, 2.45) is 0 Å². The van der Waals surface area contributed by atoms with Gasteiger partial charge in [-0.05, 0) is 54.1 Å². The van der Waals surface area contributed by atoms with Crippen molar-refractivity contribution in [2.45, 2.75) is 11.5 Å². The van der Waals surface area contributed by atoms with Gasteiger partial charge in [-0.3, -0.25) is 4.79 Å². The number of rotatable bonds is 8. The Balaban J connectivity index is 1.69. The number of ether oxygens (including phenoxy) is 2. The third kappa shape index (κ3) is 5.59. The quantitative estimate of drug-likeness (QED) is 0.522. The Morgan fingerprint density at radius 2 is 1.72 bits per heavy atom. The molecule has 3 rings (SSSR count). The first-order chi connectivity index (χ1) is 15.2. The fourth-order valence-corrected chi connectivity index (χ4v) is 3.92. The van der Waals surface area contributed by atoms with Crippen molar-refractivity contribution in [3.05, 3.63) is 82.9 Å². The Bertz CT molecular complexity index is 1210. The summed E-state index contributed by atoms with van der Waals surface area (Å²) in [7, 11) is 0.973. The number of methoxy groups -OCH3 is 1. The second-order valence-corrected chi connectivity index (χ2v) is 9.64. The highest BCUT2D eigenvalue weighted by atomic mass is 35.5. The van der Waals surface area contributed by atoms with E-state index in [0.29, 0.717) is 27.8 Å². The highest BCUT2D eigenvalue weighted by Gasteiger charge is 2.17. The summed E-state index contributed by atoms with van der Waals surface area (Å²) in [6.45, 7) is 0.201. The highest BCUT2D eigenvalue weighted by molar-refractivity contribution is 7.89. The summed E-state index contributed by atoms with van der Waals surface area (Å²) in [5.41, 5.74) is 1.77. The molecule has 0 fully saturated rings. The van der Waals surface area contributed by atoms with Gasteiger partial charge in [-0.2, -0.15) is 0 Å². The average Bonchev–Trinajstić information content (AvgIpc) is 2.77. The molecule has 32 heavy (non-hydrogen) atoms. The minimum atomic E-state index is -3.48. The molecule has 3 aromatic rings. The topological polar surface area (TPSA) is 84.9 Å². The van der Waals surface area contributed by atoms with Gasteiger partial charge in [-0.25, -0.2) is 12.7 Å². The second-order valence-electron chi connectivity index (χ2n) is 7.05. The van der Waals surface area contributed by atoms with E-state index in [1.54, 1.807) is 54.6 Å². The zero-order chi connectivity index (χ0) is 23.3. The van der Waals surface area contributed by atoms with Crippen LogP contribution < -0.4 is 14.8 Å². The largest absolute Gasteiger partial charge is 0.493 e. The van der Waals surface area contributed by atoms with E-state index in [4.69, 9.17) is 21.1 Å². The monoisotopic (exact) mass is 474 g/mol. The van der Waals surface area contributed by atoms with E-state index < -0.39 is 10.0 Å². The maximum atomic E-state index is 12.5. The van der Waals surface area contributed by atoms with Gasteiger partial charge in [-0.1, -0.05) is 29.8 Å². The van der Waals surface area contributed by atoms with Crippen molar-refractivity contribution in [2.75, 3.05) is 26.5 Å². The fraction of sp³-hybridized carbons (Fsp3) is 0.174. The fourth-order valence-electron chi connectivity index (χ4n) is 2.83. The predicted octanol–water partition coefficient (Wildman–Crippen LogP) is 4.43. The summed E-state index contributed by atoms with van der Waals surface area (Å²) in [6, 6.07) is 18.2. The molecule has 3 aromatic carbocycles. The molecule has 0 saturated heterocycles. The van der Waals surface area contributed by atoms with Crippen LogP contribution in [0.2, 0.25) is 5.02 Å². The zero-order valence-corrected chi connectivity index (χ0v) is 19.4. The van der Waals surface area contributed by atoms with Crippen molar-refractivity contribution in [1.82, 2.24) is 4.31 Å². The molecule has 0 aliphatic carbocycles. The molecule has 1 amide bonds. The molecule has 0 heterocycles. The summed E-state index contributed by atoms with van der Waals surface area (Å²) in [5, 5.41) is 3.31. The lowest BCUT2D eigenvalue weighted by Gasteiger charge is -2.14. The number of halogens is 1. The second kappa shape index (κ2) is 10.0. The van der Waals surface area contributed by atoms with Crippen molar-refractivity contribution in [1.29, 1.82) is 0 Å². The Morgan fingerprint density at radius 3 is 2.34 bits per heavy atom. The first-order valence-electron chi connectivity index (χ1n) is 9.60. The van der Waals surface area contributed by atoms with Gasteiger partial charge in [0.05, 0.1) is 12.0 Å². The van der Waals surface area contributed by atoms with Crippen LogP contribution in [0, 0.1) is 0 Å². The normalized spacial score (nSPS) is 11.3. The molecule has 0 spiro atoms. The van der Waals surface area contributed by atoms with E-state index >= 15 is 0 Å². The Hall–Kier alpha value is -3.07. The Kier molecular flexibility index (Phi) is 7.40. The molecule has 0 aliphatic heterocycles. The molecular formula is C23H23ClN2O5S. The first kappa shape index (κ1) is 23.6. The van der Waals surface area contributed by atoms with Crippen molar-refractivity contribution in [3.8, 4) is 11.5 Å². The standard InChI is InChI=1S/C23H23ClN2O5S/c1-26(2)32(28,29)20-10-7-16(8-11-20)15-31-21-12-9-17(13-22(21)30-3)23(27)25-19-6-4-5-18(24)14-19/h4-14H,15H2,1-3H3,(H,25,27). The average molecular weight is 475 g/mol. The smallest absolute Gasteiger partial charge is 0.255 e. The third-order valence-electron chi connectivity index (χ3n) is 4.60. The van der Waals surface area contributed by atoms with Gasteiger partial charge in [0.2, 0.25) is 10.0 Å². The van der Waals surface area contributed by atoms with Gasteiger partial charge in [0, 0.05) is 30.4 Å². The summed E-state index contributed by atoms with van der Waals surface area (Å²) in [6.07, 6.45) is 0. The SMILES string of the molecule is COc1cc(C(=O)Nc2cccc(Cl)c2)ccc1OCc1ccc(S(=O)(=O)N(C)C)cc1. The van der Waals surface area contributed by atoms with Crippen LogP contribution in [0.25, 0.3) is 0 Å². The van der Waals surface area contributed by atoms with Crippen LogP contribution in [0.4, 0.5) is 5.69 Å². The molecule has 0 aromatic heterocycles. The predicted molar refractivity (Wildman–Crippen MR) is 124 cm³/mol. The van der Waals surface area contributed by atoms with Crippen LogP contribution in [-0.4, -0.2) is 39.8 Å².